The van der Waals surface area contributed by atoms with Crippen LogP contribution in [-0.4, -0.2) is 30.8 Å². The molecule has 5 nitrogen and oxygen atoms in total. The molecule has 0 unspecified atom stereocenters. The van der Waals surface area contributed by atoms with Crippen molar-refractivity contribution in [1.82, 2.24) is 9.55 Å². The molecule has 0 saturated carbocycles. The normalized spacial score (nSPS) is 10.2. The lowest BCUT2D eigenvalue weighted by atomic mass is 10.2. The Morgan fingerprint density at radius 3 is 2.56 bits per heavy atom. The van der Waals surface area contributed by atoms with Gasteiger partial charge >= 0.3 is 0 Å². The molecule has 5 heteroatoms. The predicted molar refractivity (Wildman–Crippen MR) is 71.0 cm³/mol. The van der Waals surface area contributed by atoms with Crippen LogP contribution < -0.4 is 14.8 Å². The molecule has 0 fully saturated rings. The van der Waals surface area contributed by atoms with E-state index in [4.69, 9.17) is 9.47 Å². The lowest BCUT2D eigenvalue weighted by Crippen LogP contribution is -1.97. The molecule has 0 aliphatic rings. The number of rotatable bonds is 4. The number of aryl methyl sites for hydroxylation is 1. The summed E-state index contributed by atoms with van der Waals surface area (Å²) in [5.74, 6) is 2.30. The van der Waals surface area contributed by atoms with Gasteiger partial charge in [0.15, 0.2) is 11.5 Å². The van der Waals surface area contributed by atoms with E-state index < -0.39 is 0 Å². The van der Waals surface area contributed by atoms with Gasteiger partial charge in [-0.05, 0) is 18.6 Å². The van der Waals surface area contributed by atoms with Crippen LogP contribution in [0.3, 0.4) is 0 Å². The summed E-state index contributed by atoms with van der Waals surface area (Å²) in [6.45, 7) is 1.99. The third-order valence-corrected chi connectivity index (χ3v) is 2.79. The van der Waals surface area contributed by atoms with Gasteiger partial charge in [-0.15, -0.1) is 0 Å². The minimum Gasteiger partial charge on any atom is -0.493 e. The lowest BCUT2D eigenvalue weighted by molar-refractivity contribution is 0.353. The molecule has 0 bridgehead atoms. The molecule has 1 N–H and O–H groups in total. The third kappa shape index (κ3) is 2.11. The molecule has 0 aliphatic carbocycles. The molecule has 1 heterocycles. The standard InChI is InChI=1S/C13H17N3O2/c1-9-5-10(6-11(17-3)13(9)18-4)16-7-12(14-2)15-8-16/h5-8,14H,1-4H3. The number of hydrogen-bond donors (Lipinski definition) is 1. The average Bonchev–Trinajstić information content (AvgIpc) is 2.86. The second kappa shape index (κ2) is 5.00. The van der Waals surface area contributed by atoms with Gasteiger partial charge in [0.1, 0.15) is 12.1 Å². The molecule has 2 rings (SSSR count). The number of hydrogen-bond acceptors (Lipinski definition) is 4. The van der Waals surface area contributed by atoms with Crippen LogP contribution in [-0.2, 0) is 0 Å². The first-order valence-electron chi connectivity index (χ1n) is 5.64. The van der Waals surface area contributed by atoms with Crippen molar-refractivity contribution in [3.8, 4) is 17.2 Å². The Bertz CT molecular complexity index is 549. The van der Waals surface area contributed by atoms with Crippen LogP contribution >= 0.6 is 0 Å². The van der Waals surface area contributed by atoms with Crippen molar-refractivity contribution in [2.24, 2.45) is 0 Å². The predicted octanol–water partition coefficient (Wildman–Crippen LogP) is 2.24. The molecule has 0 saturated heterocycles. The molecular formula is C13H17N3O2. The number of anilines is 1. The van der Waals surface area contributed by atoms with E-state index in [1.807, 2.05) is 36.9 Å². The zero-order valence-corrected chi connectivity index (χ0v) is 11.0. The quantitative estimate of drug-likeness (QED) is 0.900. The molecule has 0 aliphatic heterocycles. The first kappa shape index (κ1) is 12.3. The molecule has 0 spiro atoms. The SMILES string of the molecule is CNc1cn(-c2cc(C)c(OC)c(OC)c2)cn1. The van der Waals surface area contributed by atoms with Crippen LogP contribution in [0.1, 0.15) is 5.56 Å². The van der Waals surface area contributed by atoms with Crippen LogP contribution in [0.4, 0.5) is 5.82 Å². The topological polar surface area (TPSA) is 48.3 Å². The van der Waals surface area contributed by atoms with Crippen LogP contribution in [0.25, 0.3) is 5.69 Å². The van der Waals surface area contributed by atoms with Gasteiger partial charge in [-0.3, -0.25) is 0 Å². The maximum absolute atomic E-state index is 5.34. The van der Waals surface area contributed by atoms with Gasteiger partial charge in [-0.25, -0.2) is 4.98 Å². The zero-order valence-electron chi connectivity index (χ0n) is 11.0. The third-order valence-electron chi connectivity index (χ3n) is 2.79. The van der Waals surface area contributed by atoms with Crippen molar-refractivity contribution in [3.05, 3.63) is 30.2 Å². The van der Waals surface area contributed by atoms with E-state index in [1.165, 1.54) is 0 Å². The number of nitrogens with zero attached hydrogens (tertiary/aromatic N) is 2. The summed E-state index contributed by atoms with van der Waals surface area (Å²) in [7, 11) is 5.11. The molecule has 0 atom stereocenters. The number of ether oxygens (including phenoxy) is 2. The molecule has 1 aromatic heterocycles. The largest absolute Gasteiger partial charge is 0.493 e. The van der Waals surface area contributed by atoms with E-state index in [0.717, 1.165) is 22.8 Å². The Morgan fingerprint density at radius 2 is 2.00 bits per heavy atom. The molecule has 2 aromatic rings. The molecule has 96 valence electrons. The van der Waals surface area contributed by atoms with Gasteiger partial charge in [0, 0.05) is 13.1 Å². The summed E-state index contributed by atoms with van der Waals surface area (Å²) in [5, 5.41) is 2.99. The Labute approximate surface area is 106 Å². The highest BCUT2D eigenvalue weighted by Gasteiger charge is 2.10. The van der Waals surface area contributed by atoms with Crippen molar-refractivity contribution >= 4 is 5.82 Å². The summed E-state index contributed by atoms with van der Waals surface area (Å²) >= 11 is 0. The van der Waals surface area contributed by atoms with Gasteiger partial charge < -0.3 is 19.4 Å². The fraction of sp³-hybridized carbons (Fsp3) is 0.308. The highest BCUT2D eigenvalue weighted by Crippen LogP contribution is 2.33. The van der Waals surface area contributed by atoms with Crippen LogP contribution in [0.15, 0.2) is 24.7 Å². The summed E-state index contributed by atoms with van der Waals surface area (Å²) in [6, 6.07) is 3.95. The van der Waals surface area contributed by atoms with E-state index in [1.54, 1.807) is 20.5 Å². The zero-order chi connectivity index (χ0) is 13.1. The summed E-state index contributed by atoms with van der Waals surface area (Å²) < 4.78 is 12.6. The van der Waals surface area contributed by atoms with E-state index in [2.05, 4.69) is 10.3 Å². The number of imidazole rings is 1. The van der Waals surface area contributed by atoms with E-state index in [-0.39, 0.29) is 0 Å². The van der Waals surface area contributed by atoms with Gasteiger partial charge in [0.25, 0.3) is 0 Å². The summed E-state index contributed by atoms with van der Waals surface area (Å²) in [4.78, 5) is 4.22. The molecule has 1 aromatic carbocycles. The van der Waals surface area contributed by atoms with Crippen LogP contribution in [0.2, 0.25) is 0 Å². The minimum absolute atomic E-state index is 0.715. The Balaban J connectivity index is 2.48. The van der Waals surface area contributed by atoms with Crippen LogP contribution in [0.5, 0.6) is 11.5 Å². The van der Waals surface area contributed by atoms with Crippen molar-refractivity contribution < 1.29 is 9.47 Å². The van der Waals surface area contributed by atoms with E-state index in [0.29, 0.717) is 5.75 Å². The van der Waals surface area contributed by atoms with Gasteiger partial charge in [0.05, 0.1) is 26.1 Å². The summed E-state index contributed by atoms with van der Waals surface area (Å²) in [5.41, 5.74) is 2.01. The smallest absolute Gasteiger partial charge is 0.163 e. The molecular weight excluding hydrogens is 230 g/mol. The molecule has 18 heavy (non-hydrogen) atoms. The first-order chi connectivity index (χ1) is 8.69. The van der Waals surface area contributed by atoms with Crippen molar-refractivity contribution in [1.29, 1.82) is 0 Å². The number of aromatic nitrogens is 2. The van der Waals surface area contributed by atoms with E-state index >= 15 is 0 Å². The van der Waals surface area contributed by atoms with Gasteiger partial charge in [0.2, 0.25) is 0 Å². The highest BCUT2D eigenvalue weighted by atomic mass is 16.5. The minimum atomic E-state index is 0.715. The second-order valence-corrected chi connectivity index (χ2v) is 3.91. The molecule has 0 radical (unpaired) electrons. The highest BCUT2D eigenvalue weighted by molar-refractivity contribution is 5.54. The Hall–Kier alpha value is -2.17. The average molecular weight is 247 g/mol. The van der Waals surface area contributed by atoms with E-state index in [9.17, 15) is 0 Å². The maximum atomic E-state index is 5.34. The Kier molecular flexibility index (Phi) is 3.41. The second-order valence-electron chi connectivity index (χ2n) is 3.91. The van der Waals surface area contributed by atoms with Crippen LogP contribution in [0, 0.1) is 6.92 Å². The Morgan fingerprint density at radius 1 is 1.22 bits per heavy atom. The monoisotopic (exact) mass is 247 g/mol. The fourth-order valence-electron chi connectivity index (χ4n) is 1.88. The lowest BCUT2D eigenvalue weighted by Gasteiger charge is -2.13. The fourth-order valence-corrected chi connectivity index (χ4v) is 1.88. The van der Waals surface area contributed by atoms with Gasteiger partial charge in [-0.2, -0.15) is 0 Å². The van der Waals surface area contributed by atoms with Crippen molar-refractivity contribution in [2.45, 2.75) is 6.92 Å². The van der Waals surface area contributed by atoms with Gasteiger partial charge in [-0.1, -0.05) is 0 Å². The number of methoxy groups -OCH3 is 2. The number of benzene rings is 1. The summed E-state index contributed by atoms with van der Waals surface area (Å²) in [6.07, 6.45) is 3.67. The van der Waals surface area contributed by atoms with Crippen molar-refractivity contribution in [2.75, 3.05) is 26.6 Å². The van der Waals surface area contributed by atoms with Crippen molar-refractivity contribution in [3.63, 3.8) is 0 Å². The first-order valence-corrected chi connectivity index (χ1v) is 5.64. The molecule has 0 amide bonds. The maximum Gasteiger partial charge on any atom is 0.163 e. The number of nitrogens with one attached hydrogen (secondary N) is 1.